The average Bonchev–Trinajstić information content (AvgIpc) is 2.57. The number of amides is 1. The van der Waals surface area contributed by atoms with Crippen molar-refractivity contribution in [1.29, 1.82) is 0 Å². The van der Waals surface area contributed by atoms with Gasteiger partial charge in [-0.15, -0.1) is 0 Å². The highest BCUT2D eigenvalue weighted by molar-refractivity contribution is 6.01. The number of aromatic nitrogens is 1. The predicted molar refractivity (Wildman–Crippen MR) is 92.5 cm³/mol. The van der Waals surface area contributed by atoms with E-state index < -0.39 is 5.91 Å². The topological polar surface area (TPSA) is 100 Å². The Morgan fingerprint density at radius 3 is 2.58 bits per heavy atom. The fourth-order valence-corrected chi connectivity index (χ4v) is 2.44. The molecule has 122 valence electrons. The maximum atomic E-state index is 11.6. The third-order valence-electron chi connectivity index (χ3n) is 3.76. The van der Waals surface area contributed by atoms with E-state index >= 15 is 0 Å². The fourth-order valence-electron chi connectivity index (χ4n) is 2.44. The minimum Gasteiger partial charge on any atom is -0.496 e. The number of pyridine rings is 1. The molecule has 1 heterocycles. The summed E-state index contributed by atoms with van der Waals surface area (Å²) in [6.07, 6.45) is 1.63. The Labute approximate surface area is 139 Å². The van der Waals surface area contributed by atoms with Crippen molar-refractivity contribution in [2.75, 3.05) is 12.8 Å². The highest BCUT2D eigenvalue weighted by Gasteiger charge is 2.14. The number of primary amides is 1. The summed E-state index contributed by atoms with van der Waals surface area (Å²) in [6, 6.07) is 10.4. The Morgan fingerprint density at radius 2 is 1.92 bits per heavy atom. The van der Waals surface area contributed by atoms with Crippen molar-refractivity contribution in [3.8, 4) is 17.2 Å². The molecular weight excluding hydrogens is 306 g/mol. The van der Waals surface area contributed by atoms with Crippen LogP contribution >= 0.6 is 0 Å². The second-order valence-electron chi connectivity index (χ2n) is 5.36. The number of carbonyl (C=O) groups excluding carboxylic acids is 1. The normalized spacial score (nSPS) is 10.6. The summed E-state index contributed by atoms with van der Waals surface area (Å²) in [5, 5.41) is 0.668. The molecule has 3 rings (SSSR count). The summed E-state index contributed by atoms with van der Waals surface area (Å²) < 4.78 is 11.2. The number of hydrogen-bond acceptors (Lipinski definition) is 5. The van der Waals surface area contributed by atoms with Crippen LogP contribution in [-0.2, 0) is 0 Å². The second-order valence-corrected chi connectivity index (χ2v) is 5.36. The number of nitrogens with zero attached hydrogens (tertiary/aromatic N) is 1. The lowest BCUT2D eigenvalue weighted by atomic mass is 10.1. The molecule has 24 heavy (non-hydrogen) atoms. The van der Waals surface area contributed by atoms with E-state index in [1.807, 2.05) is 13.0 Å². The molecule has 3 aromatic rings. The maximum absolute atomic E-state index is 11.6. The molecule has 0 atom stereocenters. The van der Waals surface area contributed by atoms with Crippen LogP contribution < -0.4 is 20.9 Å². The molecule has 6 nitrogen and oxygen atoms in total. The molecule has 0 fully saturated rings. The van der Waals surface area contributed by atoms with Crippen molar-refractivity contribution in [2.24, 2.45) is 5.73 Å². The summed E-state index contributed by atoms with van der Waals surface area (Å²) in [5.41, 5.74) is 13.8. The minimum atomic E-state index is -0.577. The number of benzene rings is 2. The van der Waals surface area contributed by atoms with Gasteiger partial charge >= 0.3 is 0 Å². The Morgan fingerprint density at radius 1 is 1.12 bits per heavy atom. The first-order chi connectivity index (χ1) is 11.5. The smallest absolute Gasteiger partial charge is 0.252 e. The van der Waals surface area contributed by atoms with Crippen molar-refractivity contribution in [2.45, 2.75) is 6.92 Å². The van der Waals surface area contributed by atoms with E-state index in [2.05, 4.69) is 4.98 Å². The van der Waals surface area contributed by atoms with Crippen LogP contribution in [0.5, 0.6) is 17.2 Å². The molecule has 0 aliphatic rings. The molecule has 0 unspecified atom stereocenters. The summed E-state index contributed by atoms with van der Waals surface area (Å²) in [5.74, 6) is 1.01. The number of aryl methyl sites for hydroxylation is 1. The number of hydrogen-bond donors (Lipinski definition) is 2. The van der Waals surface area contributed by atoms with Gasteiger partial charge in [0.1, 0.15) is 17.2 Å². The third kappa shape index (κ3) is 2.81. The van der Waals surface area contributed by atoms with Crippen LogP contribution in [0.1, 0.15) is 15.9 Å². The number of nitrogen functional groups attached to an aromatic ring is 1. The monoisotopic (exact) mass is 323 g/mol. The molecule has 6 heteroatoms. The lowest BCUT2D eigenvalue weighted by molar-refractivity contribution is 0.0997. The summed E-state index contributed by atoms with van der Waals surface area (Å²) in [4.78, 5) is 15.9. The van der Waals surface area contributed by atoms with Gasteiger partial charge < -0.3 is 20.9 Å². The number of fused-ring (bicyclic) bond motifs is 1. The Bertz CT molecular complexity index is 938. The maximum Gasteiger partial charge on any atom is 0.252 e. The molecule has 0 saturated carbocycles. The van der Waals surface area contributed by atoms with Gasteiger partial charge in [0.2, 0.25) is 0 Å². The average molecular weight is 323 g/mol. The Balaban J connectivity index is 2.12. The lowest BCUT2D eigenvalue weighted by Crippen LogP contribution is -2.12. The minimum absolute atomic E-state index is 0.274. The number of carbonyl (C=O) groups is 1. The van der Waals surface area contributed by atoms with E-state index in [1.165, 1.54) is 7.11 Å². The van der Waals surface area contributed by atoms with Crippen molar-refractivity contribution >= 4 is 22.5 Å². The van der Waals surface area contributed by atoms with E-state index in [1.54, 1.807) is 36.5 Å². The number of nitrogens with two attached hydrogens (primary N) is 2. The molecule has 0 aliphatic carbocycles. The van der Waals surface area contributed by atoms with Crippen LogP contribution in [-0.4, -0.2) is 18.0 Å². The van der Waals surface area contributed by atoms with Crippen molar-refractivity contribution in [3.63, 3.8) is 0 Å². The van der Waals surface area contributed by atoms with Crippen LogP contribution in [0, 0.1) is 6.92 Å². The van der Waals surface area contributed by atoms with Crippen LogP contribution in [0.2, 0.25) is 0 Å². The van der Waals surface area contributed by atoms with Crippen LogP contribution in [0.4, 0.5) is 5.69 Å². The zero-order valence-electron chi connectivity index (χ0n) is 13.4. The van der Waals surface area contributed by atoms with Gasteiger partial charge in [-0.05, 0) is 42.8 Å². The molecule has 4 N–H and O–H groups in total. The van der Waals surface area contributed by atoms with E-state index in [0.717, 1.165) is 5.56 Å². The van der Waals surface area contributed by atoms with Gasteiger partial charge in [-0.3, -0.25) is 9.78 Å². The van der Waals surface area contributed by atoms with Crippen molar-refractivity contribution in [3.05, 3.63) is 53.7 Å². The van der Waals surface area contributed by atoms with Crippen LogP contribution in [0.3, 0.4) is 0 Å². The number of anilines is 1. The second kappa shape index (κ2) is 6.08. The standard InChI is InChI=1S/C18H17N3O3/c1-10-7-11(3-4-14(10)19)24-16-5-6-21-15-9-17(23-2)13(18(20)22)8-12(15)16/h3-9H,19H2,1-2H3,(H2,20,22). The number of rotatable bonds is 4. The van der Waals surface area contributed by atoms with Gasteiger partial charge in [-0.25, -0.2) is 0 Å². The number of ether oxygens (including phenoxy) is 2. The highest BCUT2D eigenvalue weighted by atomic mass is 16.5. The SMILES string of the molecule is COc1cc2nccc(Oc3ccc(N)c(C)c3)c2cc1C(N)=O. The first-order valence-corrected chi connectivity index (χ1v) is 7.30. The van der Waals surface area contributed by atoms with Crippen LogP contribution in [0.15, 0.2) is 42.6 Å². The summed E-state index contributed by atoms with van der Waals surface area (Å²) in [7, 11) is 1.48. The van der Waals surface area contributed by atoms with Crippen molar-refractivity contribution in [1.82, 2.24) is 4.98 Å². The fraction of sp³-hybridized carbons (Fsp3) is 0.111. The largest absolute Gasteiger partial charge is 0.496 e. The quantitative estimate of drug-likeness (QED) is 0.719. The molecule has 0 spiro atoms. The molecule has 0 aliphatic heterocycles. The molecule has 2 aromatic carbocycles. The molecule has 1 amide bonds. The molecule has 0 bridgehead atoms. The highest BCUT2D eigenvalue weighted by Crippen LogP contribution is 2.33. The molecule has 1 aromatic heterocycles. The lowest BCUT2D eigenvalue weighted by Gasteiger charge is -2.12. The Hall–Kier alpha value is -3.28. The van der Waals surface area contributed by atoms with Crippen LogP contribution in [0.25, 0.3) is 10.9 Å². The zero-order chi connectivity index (χ0) is 17.3. The van der Waals surface area contributed by atoms with Gasteiger partial charge in [-0.2, -0.15) is 0 Å². The molecular formula is C18H17N3O3. The van der Waals surface area contributed by atoms with E-state index in [0.29, 0.717) is 33.8 Å². The van der Waals surface area contributed by atoms with E-state index in [-0.39, 0.29) is 5.56 Å². The zero-order valence-corrected chi connectivity index (χ0v) is 13.4. The predicted octanol–water partition coefficient (Wildman–Crippen LogP) is 3.03. The van der Waals surface area contributed by atoms with E-state index in [4.69, 9.17) is 20.9 Å². The first-order valence-electron chi connectivity index (χ1n) is 7.30. The van der Waals surface area contributed by atoms with Crippen molar-refractivity contribution < 1.29 is 14.3 Å². The summed E-state index contributed by atoms with van der Waals surface area (Å²) in [6.45, 7) is 1.91. The van der Waals surface area contributed by atoms with Gasteiger partial charge in [0.25, 0.3) is 5.91 Å². The van der Waals surface area contributed by atoms with Gasteiger partial charge in [0.15, 0.2) is 0 Å². The first kappa shape index (κ1) is 15.6. The number of methoxy groups -OCH3 is 1. The summed E-state index contributed by atoms with van der Waals surface area (Å²) >= 11 is 0. The molecule has 0 radical (unpaired) electrons. The van der Waals surface area contributed by atoms with Gasteiger partial charge in [0.05, 0.1) is 18.2 Å². The Kier molecular flexibility index (Phi) is 3.95. The van der Waals surface area contributed by atoms with Gasteiger partial charge in [0, 0.05) is 23.3 Å². The van der Waals surface area contributed by atoms with Gasteiger partial charge in [-0.1, -0.05) is 0 Å². The van der Waals surface area contributed by atoms with E-state index in [9.17, 15) is 4.79 Å². The third-order valence-corrected chi connectivity index (χ3v) is 3.76. The molecule has 0 saturated heterocycles.